The lowest BCUT2D eigenvalue weighted by atomic mass is 9.90. The Labute approximate surface area is 66.9 Å². The van der Waals surface area contributed by atoms with Crippen LogP contribution in [-0.2, 0) is 4.79 Å². The summed E-state index contributed by atoms with van der Waals surface area (Å²) in [5, 5.41) is 9.68. The highest BCUT2D eigenvalue weighted by Crippen LogP contribution is 2.36. The van der Waals surface area contributed by atoms with Crippen LogP contribution in [0.1, 0.15) is 27.7 Å². The van der Waals surface area contributed by atoms with Crippen molar-refractivity contribution in [2.45, 2.75) is 33.3 Å². The largest absolute Gasteiger partial charge is 0.381 e. The van der Waals surface area contributed by atoms with Gasteiger partial charge in [-0.3, -0.25) is 4.79 Å². The average Bonchev–Trinajstić information content (AvgIpc) is 2.06. The molecule has 1 rings (SSSR count). The van der Waals surface area contributed by atoms with Gasteiger partial charge in [0.1, 0.15) is 5.60 Å². The van der Waals surface area contributed by atoms with E-state index < -0.39 is 5.60 Å². The lowest BCUT2D eigenvalue weighted by molar-refractivity contribution is -0.132. The molecule has 0 heterocycles. The highest BCUT2D eigenvalue weighted by molar-refractivity contribution is 6.04. The van der Waals surface area contributed by atoms with E-state index in [1.54, 1.807) is 13.8 Å². The van der Waals surface area contributed by atoms with Gasteiger partial charge in [-0.1, -0.05) is 12.5 Å². The van der Waals surface area contributed by atoms with Gasteiger partial charge in [0.2, 0.25) is 0 Å². The highest BCUT2D eigenvalue weighted by Gasteiger charge is 2.44. The molecule has 0 spiro atoms. The number of hydrogen-bond acceptors (Lipinski definition) is 2. The summed E-state index contributed by atoms with van der Waals surface area (Å²) in [5.41, 5.74) is 0.580. The standard InChI is InChI=1S/C9H14O2/c1-5-6(2)8(10)9(4,11)7(5)3/h7,11H,1-4H3. The Morgan fingerprint density at radius 3 is 2.00 bits per heavy atom. The van der Waals surface area contributed by atoms with E-state index in [4.69, 9.17) is 0 Å². The summed E-state index contributed by atoms with van der Waals surface area (Å²) >= 11 is 0. The van der Waals surface area contributed by atoms with Gasteiger partial charge in [0.15, 0.2) is 5.78 Å². The maximum atomic E-state index is 11.3. The summed E-state index contributed by atoms with van der Waals surface area (Å²) in [7, 11) is 0. The Bertz CT molecular complexity index is 236. The van der Waals surface area contributed by atoms with E-state index in [-0.39, 0.29) is 11.7 Å². The summed E-state index contributed by atoms with van der Waals surface area (Å²) in [4.78, 5) is 11.3. The van der Waals surface area contributed by atoms with Gasteiger partial charge in [-0.2, -0.15) is 0 Å². The van der Waals surface area contributed by atoms with Gasteiger partial charge in [-0.05, 0) is 26.3 Å². The minimum Gasteiger partial charge on any atom is -0.381 e. The van der Waals surface area contributed by atoms with Crippen molar-refractivity contribution >= 4 is 5.78 Å². The zero-order valence-electron chi connectivity index (χ0n) is 7.43. The Morgan fingerprint density at radius 2 is 1.91 bits per heavy atom. The van der Waals surface area contributed by atoms with Crippen LogP contribution in [0.2, 0.25) is 0 Å². The topological polar surface area (TPSA) is 37.3 Å². The fourth-order valence-electron chi connectivity index (χ4n) is 1.50. The van der Waals surface area contributed by atoms with Crippen LogP contribution >= 0.6 is 0 Å². The number of hydrogen-bond donors (Lipinski definition) is 1. The van der Waals surface area contributed by atoms with Crippen molar-refractivity contribution in [3.8, 4) is 0 Å². The molecule has 0 aromatic rings. The maximum absolute atomic E-state index is 11.3. The number of Topliss-reactive ketones (excluding diaryl/α,β-unsaturated/α-hetero) is 1. The Morgan fingerprint density at radius 1 is 1.45 bits per heavy atom. The minimum atomic E-state index is -1.16. The van der Waals surface area contributed by atoms with Crippen LogP contribution in [0, 0.1) is 5.92 Å². The van der Waals surface area contributed by atoms with E-state index in [2.05, 4.69) is 0 Å². The number of carbonyl (C=O) groups excluding carboxylic acids is 1. The first-order valence-corrected chi connectivity index (χ1v) is 3.83. The lowest BCUT2D eigenvalue weighted by Gasteiger charge is -2.21. The Kier molecular flexibility index (Phi) is 1.67. The third-order valence-corrected chi connectivity index (χ3v) is 2.88. The molecule has 0 aromatic heterocycles. The monoisotopic (exact) mass is 154 g/mol. The van der Waals surface area contributed by atoms with Crippen LogP contribution in [0.3, 0.4) is 0 Å². The van der Waals surface area contributed by atoms with Crippen LogP contribution in [0.5, 0.6) is 0 Å². The summed E-state index contributed by atoms with van der Waals surface area (Å²) in [6.07, 6.45) is 0. The normalized spacial score (nSPS) is 38.6. The molecule has 2 heteroatoms. The molecule has 0 aromatic carbocycles. The molecule has 0 bridgehead atoms. The molecular formula is C9H14O2. The fourth-order valence-corrected chi connectivity index (χ4v) is 1.50. The van der Waals surface area contributed by atoms with E-state index in [9.17, 15) is 9.90 Å². The summed E-state index contributed by atoms with van der Waals surface area (Å²) in [5.74, 6) is -0.155. The quantitative estimate of drug-likeness (QED) is 0.571. The number of carbonyl (C=O) groups is 1. The fraction of sp³-hybridized carbons (Fsp3) is 0.667. The van der Waals surface area contributed by atoms with Gasteiger partial charge in [-0.25, -0.2) is 0 Å². The molecule has 2 unspecified atom stereocenters. The summed E-state index contributed by atoms with van der Waals surface area (Å²) < 4.78 is 0. The minimum absolute atomic E-state index is 0.0324. The zero-order chi connectivity index (χ0) is 8.81. The Balaban J connectivity index is 3.13. The van der Waals surface area contributed by atoms with E-state index in [1.165, 1.54) is 0 Å². The Hall–Kier alpha value is -0.630. The number of rotatable bonds is 0. The van der Waals surface area contributed by atoms with Crippen molar-refractivity contribution in [1.29, 1.82) is 0 Å². The molecule has 1 aliphatic rings. The van der Waals surface area contributed by atoms with Gasteiger partial charge in [0.25, 0.3) is 0 Å². The molecule has 1 N–H and O–H groups in total. The van der Waals surface area contributed by atoms with Crippen LogP contribution in [0.25, 0.3) is 0 Å². The lowest BCUT2D eigenvalue weighted by Crippen LogP contribution is -2.37. The number of aliphatic hydroxyl groups is 1. The molecule has 2 atom stereocenters. The predicted molar refractivity (Wildman–Crippen MR) is 43.2 cm³/mol. The van der Waals surface area contributed by atoms with Gasteiger partial charge >= 0.3 is 0 Å². The SMILES string of the molecule is CC1=C(C)C(C)C(C)(O)C1=O. The van der Waals surface area contributed by atoms with E-state index in [1.807, 2.05) is 13.8 Å². The van der Waals surface area contributed by atoms with Gasteiger partial charge in [-0.15, -0.1) is 0 Å². The van der Waals surface area contributed by atoms with Crippen LogP contribution in [0.15, 0.2) is 11.1 Å². The molecule has 0 fully saturated rings. The van der Waals surface area contributed by atoms with E-state index in [0.717, 1.165) is 11.1 Å². The molecule has 11 heavy (non-hydrogen) atoms. The molecule has 0 radical (unpaired) electrons. The van der Waals surface area contributed by atoms with Crippen LogP contribution in [-0.4, -0.2) is 16.5 Å². The van der Waals surface area contributed by atoms with Crippen LogP contribution < -0.4 is 0 Å². The summed E-state index contributed by atoms with van der Waals surface area (Å²) in [6.45, 7) is 7.14. The molecule has 0 aliphatic heterocycles. The smallest absolute Gasteiger partial charge is 0.190 e. The van der Waals surface area contributed by atoms with E-state index >= 15 is 0 Å². The number of ketones is 1. The molecule has 62 valence electrons. The van der Waals surface area contributed by atoms with Crippen molar-refractivity contribution in [1.82, 2.24) is 0 Å². The molecule has 1 aliphatic carbocycles. The van der Waals surface area contributed by atoms with Crippen LogP contribution in [0.4, 0.5) is 0 Å². The summed E-state index contributed by atoms with van der Waals surface area (Å²) in [6, 6.07) is 0. The van der Waals surface area contributed by atoms with Gasteiger partial charge in [0.05, 0.1) is 0 Å². The van der Waals surface area contributed by atoms with E-state index in [0.29, 0.717) is 0 Å². The van der Waals surface area contributed by atoms with Crippen molar-refractivity contribution in [3.05, 3.63) is 11.1 Å². The average molecular weight is 154 g/mol. The highest BCUT2D eigenvalue weighted by atomic mass is 16.3. The van der Waals surface area contributed by atoms with Crippen molar-refractivity contribution in [3.63, 3.8) is 0 Å². The molecule has 0 saturated heterocycles. The van der Waals surface area contributed by atoms with Gasteiger partial charge in [0, 0.05) is 5.92 Å². The second-order valence-corrected chi connectivity index (χ2v) is 3.51. The molecular weight excluding hydrogens is 140 g/mol. The predicted octanol–water partition coefficient (Wildman–Crippen LogP) is 1.29. The third-order valence-electron chi connectivity index (χ3n) is 2.88. The van der Waals surface area contributed by atoms with Crippen molar-refractivity contribution < 1.29 is 9.90 Å². The maximum Gasteiger partial charge on any atom is 0.190 e. The second kappa shape index (κ2) is 2.18. The zero-order valence-corrected chi connectivity index (χ0v) is 7.43. The third kappa shape index (κ3) is 0.932. The molecule has 2 nitrogen and oxygen atoms in total. The van der Waals surface area contributed by atoms with Crippen molar-refractivity contribution in [2.24, 2.45) is 5.92 Å². The molecule has 0 saturated carbocycles. The first-order valence-electron chi connectivity index (χ1n) is 3.83. The second-order valence-electron chi connectivity index (χ2n) is 3.51. The first kappa shape index (κ1) is 8.47. The molecule has 0 amide bonds. The van der Waals surface area contributed by atoms with Crippen molar-refractivity contribution in [2.75, 3.05) is 0 Å². The van der Waals surface area contributed by atoms with Gasteiger partial charge < -0.3 is 5.11 Å². The first-order chi connectivity index (χ1) is 4.89.